The summed E-state index contributed by atoms with van der Waals surface area (Å²) < 4.78 is 0. The Bertz CT molecular complexity index is 593. The van der Waals surface area contributed by atoms with Crippen LogP contribution in [0.5, 0.6) is 0 Å². The fraction of sp³-hybridized carbons (Fsp3) is 0.722. The van der Waals surface area contributed by atoms with Gasteiger partial charge in [0.25, 0.3) is 0 Å². The van der Waals surface area contributed by atoms with Crippen molar-refractivity contribution in [1.29, 1.82) is 0 Å². The van der Waals surface area contributed by atoms with Gasteiger partial charge in [-0.1, -0.05) is 25.6 Å². The average molecular weight is 432 g/mol. The number of carboxylic acid groups (broad SMARTS) is 1. The van der Waals surface area contributed by atoms with Crippen LogP contribution in [-0.2, 0) is 19.2 Å². The molecule has 0 aromatic heterocycles. The maximum absolute atomic E-state index is 12.3. The van der Waals surface area contributed by atoms with Gasteiger partial charge < -0.3 is 27.2 Å². The number of carboxylic acids is 1. The number of hydrogen-bond acceptors (Lipinski definition) is 6. The van der Waals surface area contributed by atoms with Crippen molar-refractivity contribution in [2.75, 3.05) is 18.8 Å². The third kappa shape index (κ3) is 14.4. The molecule has 0 bridgehead atoms. The number of carbonyl (C=O) groups is 4. The Hall–Kier alpha value is -2.30. The van der Waals surface area contributed by atoms with Gasteiger partial charge in [-0.3, -0.25) is 19.4 Å². The third-order valence-electron chi connectivity index (χ3n) is 3.84. The highest BCUT2D eigenvalue weighted by Gasteiger charge is 2.22. The van der Waals surface area contributed by atoms with Gasteiger partial charge in [0.15, 0.2) is 11.1 Å². The van der Waals surface area contributed by atoms with E-state index in [4.69, 9.17) is 11.5 Å². The summed E-state index contributed by atoms with van der Waals surface area (Å²) >= 11 is 1.10. The molecular weight excluding hydrogens is 398 g/mol. The Morgan fingerprint density at radius 1 is 1.17 bits per heavy atom. The molecule has 0 saturated heterocycles. The molecule has 0 aromatic carbocycles. The van der Waals surface area contributed by atoms with Crippen molar-refractivity contribution in [3.05, 3.63) is 0 Å². The number of hydrogen-bond donors (Lipinski definition) is 5. The van der Waals surface area contributed by atoms with E-state index in [-0.39, 0.29) is 54.7 Å². The highest BCUT2D eigenvalue weighted by atomic mass is 32.2. The van der Waals surface area contributed by atoms with Crippen LogP contribution in [-0.4, -0.2) is 58.8 Å². The lowest BCUT2D eigenvalue weighted by atomic mass is 9.98. The average Bonchev–Trinajstić information content (AvgIpc) is 2.60. The van der Waals surface area contributed by atoms with Crippen LogP contribution in [0.25, 0.3) is 0 Å². The van der Waals surface area contributed by atoms with Crippen LogP contribution in [0.3, 0.4) is 0 Å². The lowest BCUT2D eigenvalue weighted by Crippen LogP contribution is -2.42. The van der Waals surface area contributed by atoms with Gasteiger partial charge in [0, 0.05) is 38.1 Å². The van der Waals surface area contributed by atoms with Crippen molar-refractivity contribution in [2.45, 2.75) is 52.5 Å². The number of carbonyl (C=O) groups excluding carboxylic acids is 3. The highest BCUT2D eigenvalue weighted by molar-refractivity contribution is 8.13. The summed E-state index contributed by atoms with van der Waals surface area (Å²) in [5, 5.41) is 14.3. The first-order chi connectivity index (χ1) is 13.5. The molecule has 0 aliphatic carbocycles. The second-order valence-corrected chi connectivity index (χ2v) is 8.27. The minimum Gasteiger partial charge on any atom is -0.480 e. The van der Waals surface area contributed by atoms with Crippen molar-refractivity contribution < 1.29 is 24.3 Å². The minimum absolute atomic E-state index is 0.0440. The maximum Gasteiger partial charge on any atom is 0.326 e. The number of aliphatic carboxylic acids is 1. The van der Waals surface area contributed by atoms with Crippen molar-refractivity contribution >= 4 is 40.6 Å². The molecule has 0 aliphatic heterocycles. The molecule has 2 atom stereocenters. The lowest BCUT2D eigenvalue weighted by molar-refractivity contribution is -0.142. The summed E-state index contributed by atoms with van der Waals surface area (Å²) in [6.45, 7) is 5.80. The molecule has 0 spiro atoms. The second-order valence-electron chi connectivity index (χ2n) is 7.08. The molecule has 1 unspecified atom stereocenters. The van der Waals surface area contributed by atoms with Crippen molar-refractivity contribution in [2.24, 2.45) is 28.3 Å². The first-order valence-electron chi connectivity index (χ1n) is 9.51. The predicted molar refractivity (Wildman–Crippen MR) is 113 cm³/mol. The quantitative estimate of drug-likeness (QED) is 0.146. The number of aliphatic imine (C=N–C) groups is 1. The van der Waals surface area contributed by atoms with E-state index in [1.165, 1.54) is 6.92 Å². The molecule has 0 heterocycles. The van der Waals surface area contributed by atoms with Gasteiger partial charge >= 0.3 is 5.97 Å². The number of guanidine groups is 1. The summed E-state index contributed by atoms with van der Waals surface area (Å²) in [6, 6.07) is -1.05. The summed E-state index contributed by atoms with van der Waals surface area (Å²) in [6.07, 6.45) is 1.17. The number of nitrogens with zero attached hydrogens (tertiary/aromatic N) is 1. The summed E-state index contributed by atoms with van der Waals surface area (Å²) in [5.41, 5.74) is 10.4. The summed E-state index contributed by atoms with van der Waals surface area (Å²) in [5.74, 6) is -1.56. The molecule has 0 aliphatic rings. The first kappa shape index (κ1) is 26.7. The van der Waals surface area contributed by atoms with Crippen LogP contribution in [0.4, 0.5) is 0 Å². The maximum atomic E-state index is 12.3. The molecule has 166 valence electrons. The van der Waals surface area contributed by atoms with Crippen LogP contribution in [0.1, 0.15) is 46.5 Å². The molecule has 0 rings (SSSR count). The van der Waals surface area contributed by atoms with E-state index in [2.05, 4.69) is 15.6 Å². The van der Waals surface area contributed by atoms with E-state index in [1.807, 2.05) is 13.8 Å². The van der Waals surface area contributed by atoms with Crippen molar-refractivity contribution in [1.82, 2.24) is 10.6 Å². The van der Waals surface area contributed by atoms with Crippen LogP contribution >= 0.6 is 11.8 Å². The topological polar surface area (TPSA) is 177 Å². The van der Waals surface area contributed by atoms with Crippen LogP contribution in [0.2, 0.25) is 0 Å². The SMILES string of the molecule is CC(=O)SCC(CC(C)C)C(=O)NCCC(=O)N[C@@H](CCCN=C(N)N)C(=O)O. The zero-order chi connectivity index (χ0) is 22.4. The zero-order valence-electron chi connectivity index (χ0n) is 17.3. The van der Waals surface area contributed by atoms with Gasteiger partial charge in [-0.05, 0) is 25.2 Å². The van der Waals surface area contributed by atoms with E-state index >= 15 is 0 Å². The van der Waals surface area contributed by atoms with Gasteiger partial charge in [0.2, 0.25) is 11.8 Å². The van der Waals surface area contributed by atoms with Gasteiger partial charge in [-0.2, -0.15) is 0 Å². The standard InChI is InChI=1S/C18H33N5O5S/c1-11(2)9-13(10-29-12(3)24)16(26)21-8-6-15(25)23-14(17(27)28)5-4-7-22-18(19)20/h11,13-14H,4-10H2,1-3H3,(H,21,26)(H,23,25)(H,27,28)(H4,19,20,22)/t13?,14-/m0/s1. The molecule has 0 fully saturated rings. The third-order valence-corrected chi connectivity index (χ3v) is 4.82. The van der Waals surface area contributed by atoms with Gasteiger partial charge in [0.05, 0.1) is 0 Å². The minimum atomic E-state index is -1.15. The molecule has 29 heavy (non-hydrogen) atoms. The van der Waals surface area contributed by atoms with E-state index in [9.17, 15) is 24.3 Å². The molecule has 2 amide bonds. The van der Waals surface area contributed by atoms with Gasteiger partial charge in [-0.15, -0.1) is 0 Å². The predicted octanol–water partition coefficient (Wildman–Crippen LogP) is 0.0577. The summed E-state index contributed by atoms with van der Waals surface area (Å²) in [7, 11) is 0. The Balaban J connectivity index is 4.43. The van der Waals surface area contributed by atoms with Crippen LogP contribution in [0.15, 0.2) is 4.99 Å². The Morgan fingerprint density at radius 3 is 2.34 bits per heavy atom. The monoisotopic (exact) mass is 431 g/mol. The molecule has 7 N–H and O–H groups in total. The molecule has 0 saturated carbocycles. The Labute approximate surface area is 175 Å². The van der Waals surface area contributed by atoms with Gasteiger partial charge in [0.1, 0.15) is 6.04 Å². The largest absolute Gasteiger partial charge is 0.480 e. The van der Waals surface area contributed by atoms with Crippen molar-refractivity contribution in [3.8, 4) is 0 Å². The number of thioether (sulfide) groups is 1. The normalized spacial score (nSPS) is 12.7. The highest BCUT2D eigenvalue weighted by Crippen LogP contribution is 2.18. The fourth-order valence-electron chi connectivity index (χ4n) is 2.51. The van der Waals surface area contributed by atoms with E-state index in [1.54, 1.807) is 0 Å². The molecule has 10 nitrogen and oxygen atoms in total. The molecule has 0 radical (unpaired) electrons. The number of rotatable bonds is 14. The van der Waals surface area contributed by atoms with E-state index in [0.29, 0.717) is 18.6 Å². The van der Waals surface area contributed by atoms with Gasteiger partial charge in [-0.25, -0.2) is 4.79 Å². The molecular formula is C18H33N5O5S. The first-order valence-corrected chi connectivity index (χ1v) is 10.5. The Morgan fingerprint density at radius 2 is 1.83 bits per heavy atom. The zero-order valence-corrected chi connectivity index (χ0v) is 18.1. The van der Waals surface area contributed by atoms with Crippen LogP contribution < -0.4 is 22.1 Å². The van der Waals surface area contributed by atoms with E-state index < -0.39 is 17.9 Å². The van der Waals surface area contributed by atoms with E-state index in [0.717, 1.165) is 11.8 Å². The molecule has 11 heteroatoms. The van der Waals surface area contributed by atoms with Crippen LogP contribution in [0, 0.1) is 11.8 Å². The number of nitrogens with two attached hydrogens (primary N) is 2. The summed E-state index contributed by atoms with van der Waals surface area (Å²) in [4.78, 5) is 50.5. The Kier molecular flexibility index (Phi) is 13.5. The lowest BCUT2D eigenvalue weighted by Gasteiger charge is -2.18. The second kappa shape index (κ2) is 14.7. The smallest absolute Gasteiger partial charge is 0.326 e. The fourth-order valence-corrected chi connectivity index (χ4v) is 3.23. The molecule has 0 aromatic rings. The number of nitrogens with one attached hydrogen (secondary N) is 2. The number of amides is 2. The van der Waals surface area contributed by atoms with Crippen molar-refractivity contribution in [3.63, 3.8) is 0 Å².